The van der Waals surface area contributed by atoms with Gasteiger partial charge in [0.25, 0.3) is 0 Å². The minimum absolute atomic E-state index is 0. The van der Waals surface area contributed by atoms with Gasteiger partial charge in [-0.05, 0) is 37.5 Å². The number of hydrogen-bond donors (Lipinski definition) is 2. The summed E-state index contributed by atoms with van der Waals surface area (Å²) in [5, 5.41) is 6.55. The van der Waals surface area contributed by atoms with Crippen LogP contribution in [0.3, 0.4) is 0 Å². The number of hydrogen-bond acceptors (Lipinski definition) is 4. The maximum atomic E-state index is 13.7. The van der Waals surface area contributed by atoms with Gasteiger partial charge in [-0.25, -0.2) is 17.1 Å². The average Bonchev–Trinajstić information content (AvgIpc) is 2.68. The van der Waals surface area contributed by atoms with Crippen LogP contribution in [-0.2, 0) is 27.9 Å². The summed E-state index contributed by atoms with van der Waals surface area (Å²) >= 11 is 0. The summed E-state index contributed by atoms with van der Waals surface area (Å²) in [5.74, 6) is 0.498. The van der Waals surface area contributed by atoms with Crippen molar-refractivity contribution in [2.45, 2.75) is 39.0 Å². The molecule has 0 aliphatic carbocycles. The molecule has 1 fully saturated rings. The van der Waals surface area contributed by atoms with Crippen LogP contribution in [0.4, 0.5) is 4.39 Å². The maximum Gasteiger partial charge on any atom is 0.213 e. The lowest BCUT2D eigenvalue weighted by Gasteiger charge is -2.32. The van der Waals surface area contributed by atoms with Gasteiger partial charge in [0.1, 0.15) is 5.82 Å². The number of benzene rings is 1. The second-order valence-corrected chi connectivity index (χ2v) is 8.76. The van der Waals surface area contributed by atoms with Crippen molar-refractivity contribution < 1.29 is 17.5 Å². The minimum atomic E-state index is -3.12. The van der Waals surface area contributed by atoms with Crippen LogP contribution < -0.4 is 10.6 Å². The summed E-state index contributed by atoms with van der Waals surface area (Å²) in [5.41, 5.74) is 1.44. The third kappa shape index (κ3) is 7.12. The molecule has 160 valence electrons. The van der Waals surface area contributed by atoms with Crippen molar-refractivity contribution in [2.24, 2.45) is 4.99 Å². The number of sulfonamides is 1. The average molecular weight is 528 g/mol. The second kappa shape index (κ2) is 11.9. The van der Waals surface area contributed by atoms with E-state index in [0.717, 1.165) is 18.4 Å². The molecule has 1 aliphatic rings. The summed E-state index contributed by atoms with van der Waals surface area (Å²) in [7, 11) is 0.104. The number of nitrogens with zero attached hydrogens (tertiary/aromatic N) is 2. The van der Waals surface area contributed by atoms with E-state index in [2.05, 4.69) is 15.6 Å². The number of piperidine rings is 1. The Kier molecular flexibility index (Phi) is 10.6. The van der Waals surface area contributed by atoms with Crippen molar-refractivity contribution in [2.75, 3.05) is 33.0 Å². The van der Waals surface area contributed by atoms with Crippen LogP contribution in [0.5, 0.6) is 0 Å². The molecular formula is C18H30FIN4O3S. The summed E-state index contributed by atoms with van der Waals surface area (Å²) in [6.07, 6.45) is 1.46. The monoisotopic (exact) mass is 528 g/mol. The fourth-order valence-corrected chi connectivity index (χ4v) is 4.17. The van der Waals surface area contributed by atoms with Gasteiger partial charge in [0.05, 0.1) is 12.4 Å². The molecule has 0 atom stereocenters. The number of methoxy groups -OCH3 is 1. The fraction of sp³-hybridized carbons (Fsp3) is 0.611. The van der Waals surface area contributed by atoms with Crippen LogP contribution in [0, 0.1) is 5.82 Å². The van der Waals surface area contributed by atoms with Gasteiger partial charge in [-0.15, -0.1) is 24.0 Å². The number of halogens is 2. The van der Waals surface area contributed by atoms with E-state index in [-0.39, 0.29) is 48.2 Å². The number of nitrogens with one attached hydrogen (secondary N) is 2. The van der Waals surface area contributed by atoms with E-state index < -0.39 is 10.0 Å². The molecule has 1 aliphatic heterocycles. The molecule has 7 nitrogen and oxygen atoms in total. The molecule has 0 bridgehead atoms. The Hall–Kier alpha value is -0.980. The van der Waals surface area contributed by atoms with Gasteiger partial charge in [0.2, 0.25) is 10.0 Å². The van der Waals surface area contributed by atoms with Crippen molar-refractivity contribution in [3.05, 3.63) is 35.1 Å². The fourth-order valence-electron chi connectivity index (χ4n) is 3.04. The molecule has 2 rings (SSSR count). The summed E-state index contributed by atoms with van der Waals surface area (Å²) in [6.45, 7) is 3.43. The Bertz CT molecular complexity index is 753. The molecule has 28 heavy (non-hydrogen) atoms. The van der Waals surface area contributed by atoms with E-state index in [1.54, 1.807) is 30.4 Å². The van der Waals surface area contributed by atoms with Crippen molar-refractivity contribution in [3.8, 4) is 0 Å². The highest BCUT2D eigenvalue weighted by Crippen LogP contribution is 2.15. The molecule has 1 heterocycles. The lowest BCUT2D eigenvalue weighted by molar-refractivity contribution is 0.181. The zero-order valence-corrected chi connectivity index (χ0v) is 19.7. The topological polar surface area (TPSA) is 83.0 Å². The van der Waals surface area contributed by atoms with E-state index in [9.17, 15) is 12.8 Å². The molecule has 1 aromatic rings. The number of guanidine groups is 1. The minimum Gasteiger partial charge on any atom is -0.380 e. The summed E-state index contributed by atoms with van der Waals surface area (Å²) in [6, 6.07) is 5.10. The first-order valence-electron chi connectivity index (χ1n) is 9.10. The quantitative estimate of drug-likeness (QED) is 0.322. The SMILES string of the molecule is CCS(=O)(=O)N1CCC(NC(=NC)NCc2ccc(F)c(COC)c2)CC1.I. The lowest BCUT2D eigenvalue weighted by Crippen LogP contribution is -2.49. The molecule has 0 amide bonds. The molecule has 0 radical (unpaired) electrons. The predicted octanol–water partition coefficient (Wildman–Crippen LogP) is 2.07. The molecular weight excluding hydrogens is 498 g/mol. The second-order valence-electron chi connectivity index (χ2n) is 6.50. The van der Waals surface area contributed by atoms with E-state index in [0.29, 0.717) is 31.2 Å². The molecule has 0 unspecified atom stereocenters. The normalized spacial score (nSPS) is 16.5. The van der Waals surface area contributed by atoms with E-state index >= 15 is 0 Å². The Morgan fingerprint density at radius 1 is 1.36 bits per heavy atom. The maximum absolute atomic E-state index is 13.7. The van der Waals surface area contributed by atoms with E-state index in [4.69, 9.17) is 4.74 Å². The number of ether oxygens (including phenoxy) is 1. The Labute approximate surface area is 184 Å². The van der Waals surface area contributed by atoms with Crippen LogP contribution >= 0.6 is 24.0 Å². The summed E-state index contributed by atoms with van der Waals surface area (Å²) in [4.78, 5) is 4.22. The van der Waals surface area contributed by atoms with Crippen LogP contribution in [0.25, 0.3) is 0 Å². The molecule has 10 heteroatoms. The predicted molar refractivity (Wildman–Crippen MR) is 120 cm³/mol. The standard InChI is InChI=1S/C18H29FN4O3S.HI/c1-4-27(24,25)23-9-7-16(8-10-23)22-18(20-2)21-12-14-5-6-17(19)15(11-14)13-26-3;/h5-6,11,16H,4,7-10,12-13H2,1-3H3,(H2,20,21,22);1H. The highest BCUT2D eigenvalue weighted by molar-refractivity contribution is 14.0. The Balaban J connectivity index is 0.00000392. The first-order valence-corrected chi connectivity index (χ1v) is 10.7. The van der Waals surface area contributed by atoms with Gasteiger partial charge < -0.3 is 15.4 Å². The zero-order valence-electron chi connectivity index (χ0n) is 16.6. The largest absolute Gasteiger partial charge is 0.380 e. The van der Waals surface area contributed by atoms with Gasteiger partial charge in [-0.1, -0.05) is 6.07 Å². The van der Waals surface area contributed by atoms with Gasteiger partial charge in [-0.3, -0.25) is 4.99 Å². The third-order valence-corrected chi connectivity index (χ3v) is 6.53. The van der Waals surface area contributed by atoms with Crippen LogP contribution in [0.1, 0.15) is 30.9 Å². The summed E-state index contributed by atoms with van der Waals surface area (Å²) < 4.78 is 44.1. The van der Waals surface area contributed by atoms with Crippen LogP contribution in [0.15, 0.2) is 23.2 Å². The first kappa shape index (κ1) is 25.1. The molecule has 1 aromatic carbocycles. The van der Waals surface area contributed by atoms with Crippen molar-refractivity contribution >= 4 is 40.0 Å². The Morgan fingerprint density at radius 2 is 2.04 bits per heavy atom. The van der Waals surface area contributed by atoms with E-state index in [1.807, 2.05) is 0 Å². The Morgan fingerprint density at radius 3 is 2.61 bits per heavy atom. The highest BCUT2D eigenvalue weighted by Gasteiger charge is 2.26. The molecule has 0 spiro atoms. The van der Waals surface area contributed by atoms with Gasteiger partial charge >= 0.3 is 0 Å². The number of rotatable bonds is 7. The number of aliphatic imine (C=N–C) groups is 1. The smallest absolute Gasteiger partial charge is 0.213 e. The van der Waals surface area contributed by atoms with Gasteiger partial charge in [0.15, 0.2) is 5.96 Å². The van der Waals surface area contributed by atoms with Crippen molar-refractivity contribution in [1.29, 1.82) is 0 Å². The zero-order chi connectivity index (χ0) is 19.9. The first-order chi connectivity index (χ1) is 12.9. The molecule has 0 aromatic heterocycles. The van der Waals surface area contributed by atoms with Crippen molar-refractivity contribution in [3.63, 3.8) is 0 Å². The molecule has 1 saturated heterocycles. The van der Waals surface area contributed by atoms with Gasteiger partial charge in [-0.2, -0.15) is 0 Å². The lowest BCUT2D eigenvalue weighted by atomic mass is 10.1. The van der Waals surface area contributed by atoms with E-state index in [1.165, 1.54) is 13.2 Å². The van der Waals surface area contributed by atoms with Gasteiger partial charge in [0, 0.05) is 45.4 Å². The molecule has 0 saturated carbocycles. The third-order valence-electron chi connectivity index (χ3n) is 4.65. The molecule has 2 N–H and O–H groups in total. The van der Waals surface area contributed by atoms with Crippen LogP contribution in [-0.4, -0.2) is 57.7 Å². The highest BCUT2D eigenvalue weighted by atomic mass is 127. The van der Waals surface area contributed by atoms with Crippen molar-refractivity contribution in [1.82, 2.24) is 14.9 Å². The van der Waals surface area contributed by atoms with Crippen LogP contribution in [0.2, 0.25) is 0 Å².